The first kappa shape index (κ1) is 18.1. The third kappa shape index (κ3) is 4.52. The zero-order valence-corrected chi connectivity index (χ0v) is 16.3. The molecule has 1 heterocycles. The molecule has 2 unspecified atom stereocenters. The number of nitrogens with zero attached hydrogens (tertiary/aromatic N) is 2. The van der Waals surface area contributed by atoms with Crippen LogP contribution in [0.25, 0.3) is 0 Å². The number of halogens is 1. The van der Waals surface area contributed by atoms with Gasteiger partial charge in [-0.2, -0.15) is 0 Å². The Morgan fingerprint density at radius 1 is 1.12 bits per heavy atom. The van der Waals surface area contributed by atoms with Crippen LogP contribution in [0.15, 0.2) is 24.3 Å². The molecule has 1 aromatic carbocycles. The Morgan fingerprint density at radius 3 is 2.62 bits per heavy atom. The lowest BCUT2D eigenvalue weighted by Crippen LogP contribution is -2.47. The number of carbonyl (C=O) groups is 1. The van der Waals surface area contributed by atoms with Crippen molar-refractivity contribution in [3.05, 3.63) is 29.3 Å². The molecule has 4 nitrogen and oxygen atoms in total. The van der Waals surface area contributed by atoms with Crippen LogP contribution < -0.4 is 10.2 Å². The maximum Gasteiger partial charge on any atom is 0.223 e. The fourth-order valence-corrected chi connectivity index (χ4v) is 4.70. The molecule has 3 fully saturated rings. The first-order valence-electron chi connectivity index (χ1n) is 10.2. The molecule has 2 aliphatic carbocycles. The Labute approximate surface area is 161 Å². The summed E-state index contributed by atoms with van der Waals surface area (Å²) in [6.07, 6.45) is 7.31. The predicted molar refractivity (Wildman–Crippen MR) is 107 cm³/mol. The van der Waals surface area contributed by atoms with Crippen LogP contribution in [-0.2, 0) is 4.79 Å². The van der Waals surface area contributed by atoms with E-state index in [1.807, 2.05) is 18.2 Å². The van der Waals surface area contributed by atoms with Gasteiger partial charge in [-0.15, -0.1) is 0 Å². The molecule has 1 aromatic rings. The Kier molecular flexibility index (Phi) is 5.70. The lowest BCUT2D eigenvalue weighted by atomic mass is 9.95. The average Bonchev–Trinajstić information content (AvgIpc) is 3.42. The summed E-state index contributed by atoms with van der Waals surface area (Å²) in [5.74, 6) is 1.15. The normalized spacial score (nSPS) is 27.3. The van der Waals surface area contributed by atoms with E-state index in [1.165, 1.54) is 37.8 Å². The van der Waals surface area contributed by atoms with Crippen molar-refractivity contribution in [2.24, 2.45) is 11.8 Å². The number of hydrogen-bond donors (Lipinski definition) is 1. The van der Waals surface area contributed by atoms with E-state index >= 15 is 0 Å². The van der Waals surface area contributed by atoms with Crippen molar-refractivity contribution in [1.29, 1.82) is 0 Å². The van der Waals surface area contributed by atoms with Crippen molar-refractivity contribution >= 4 is 23.2 Å². The van der Waals surface area contributed by atoms with Gasteiger partial charge in [-0.3, -0.25) is 9.69 Å². The van der Waals surface area contributed by atoms with Crippen LogP contribution in [0.3, 0.4) is 0 Å². The summed E-state index contributed by atoms with van der Waals surface area (Å²) < 4.78 is 0. The van der Waals surface area contributed by atoms with Crippen LogP contribution in [0.5, 0.6) is 0 Å². The van der Waals surface area contributed by atoms with E-state index in [-0.39, 0.29) is 5.92 Å². The molecule has 1 aliphatic heterocycles. The fourth-order valence-electron chi connectivity index (χ4n) is 4.52. The molecule has 0 spiro atoms. The van der Waals surface area contributed by atoms with Crippen LogP contribution in [0, 0.1) is 11.8 Å². The minimum atomic E-state index is 0.267. The molecule has 142 valence electrons. The lowest BCUT2D eigenvalue weighted by molar-refractivity contribution is -0.123. The van der Waals surface area contributed by atoms with Gasteiger partial charge >= 0.3 is 0 Å². The molecular formula is C21H30ClN3O. The summed E-state index contributed by atoms with van der Waals surface area (Å²) in [7, 11) is 0. The van der Waals surface area contributed by atoms with E-state index in [1.54, 1.807) is 0 Å². The molecule has 4 rings (SSSR count). The van der Waals surface area contributed by atoms with E-state index in [0.29, 0.717) is 17.9 Å². The van der Waals surface area contributed by atoms with Crippen molar-refractivity contribution in [2.75, 3.05) is 37.6 Å². The largest absolute Gasteiger partial charge is 0.369 e. The molecule has 5 heteroatoms. The van der Waals surface area contributed by atoms with Crippen LogP contribution in [0.2, 0.25) is 5.02 Å². The second-order valence-electron chi connectivity index (χ2n) is 8.21. The third-order valence-corrected chi connectivity index (χ3v) is 6.48. The molecule has 0 radical (unpaired) electrons. The number of benzene rings is 1. The number of amides is 1. The Balaban J connectivity index is 1.19. The quantitative estimate of drug-likeness (QED) is 0.854. The summed E-state index contributed by atoms with van der Waals surface area (Å²) in [6, 6.07) is 8.56. The molecule has 0 aromatic heterocycles. The average molecular weight is 376 g/mol. The van der Waals surface area contributed by atoms with Crippen LogP contribution in [0.4, 0.5) is 5.69 Å². The number of anilines is 1. The van der Waals surface area contributed by atoms with Gasteiger partial charge < -0.3 is 10.2 Å². The summed E-state index contributed by atoms with van der Waals surface area (Å²) >= 11 is 6.11. The van der Waals surface area contributed by atoms with E-state index in [4.69, 9.17) is 11.6 Å². The Hall–Kier alpha value is -1.26. The highest BCUT2D eigenvalue weighted by molar-refractivity contribution is 6.30. The van der Waals surface area contributed by atoms with Gasteiger partial charge in [0.05, 0.1) is 0 Å². The standard InChI is InChI=1S/C21H30ClN3O/c22-17-5-4-8-19(14-17)25-11-9-24(10-12-25)15-16-13-20(16)21(26)23-18-6-2-1-3-7-18/h4-5,8,14,16,18,20H,1-3,6-7,9-13,15H2,(H,23,26). The van der Waals surface area contributed by atoms with Gasteiger partial charge in [0.1, 0.15) is 0 Å². The predicted octanol–water partition coefficient (Wildman–Crippen LogP) is 3.55. The second kappa shape index (κ2) is 8.18. The summed E-state index contributed by atoms with van der Waals surface area (Å²) in [6.45, 7) is 5.28. The van der Waals surface area contributed by atoms with Gasteiger partial charge in [-0.1, -0.05) is 36.9 Å². The molecule has 3 aliphatic rings. The highest BCUT2D eigenvalue weighted by atomic mass is 35.5. The first-order valence-corrected chi connectivity index (χ1v) is 10.6. The van der Waals surface area contributed by atoms with Gasteiger partial charge in [-0.05, 0) is 43.4 Å². The fraction of sp³-hybridized carbons (Fsp3) is 0.667. The Morgan fingerprint density at radius 2 is 1.88 bits per heavy atom. The van der Waals surface area contributed by atoms with Crippen molar-refractivity contribution in [3.63, 3.8) is 0 Å². The van der Waals surface area contributed by atoms with Gasteiger partial charge in [0.25, 0.3) is 0 Å². The topological polar surface area (TPSA) is 35.6 Å². The van der Waals surface area contributed by atoms with Crippen LogP contribution >= 0.6 is 11.6 Å². The molecule has 1 amide bonds. The molecule has 2 saturated carbocycles. The number of nitrogens with one attached hydrogen (secondary N) is 1. The van der Waals surface area contributed by atoms with E-state index in [2.05, 4.69) is 21.2 Å². The highest BCUT2D eigenvalue weighted by Crippen LogP contribution is 2.39. The molecule has 0 bridgehead atoms. The van der Waals surface area contributed by atoms with E-state index in [0.717, 1.165) is 44.2 Å². The van der Waals surface area contributed by atoms with Gasteiger partial charge in [-0.25, -0.2) is 0 Å². The van der Waals surface area contributed by atoms with Gasteiger partial charge in [0, 0.05) is 55.4 Å². The maximum absolute atomic E-state index is 12.4. The second-order valence-corrected chi connectivity index (χ2v) is 8.65. The number of hydrogen-bond acceptors (Lipinski definition) is 3. The van der Waals surface area contributed by atoms with Crippen LogP contribution in [0.1, 0.15) is 38.5 Å². The third-order valence-electron chi connectivity index (χ3n) is 6.25. The van der Waals surface area contributed by atoms with Crippen molar-refractivity contribution in [1.82, 2.24) is 10.2 Å². The smallest absolute Gasteiger partial charge is 0.223 e. The number of rotatable bonds is 5. The van der Waals surface area contributed by atoms with Crippen molar-refractivity contribution in [3.8, 4) is 0 Å². The molecule has 2 atom stereocenters. The van der Waals surface area contributed by atoms with Gasteiger partial charge in [0.15, 0.2) is 0 Å². The maximum atomic E-state index is 12.4. The van der Waals surface area contributed by atoms with E-state index in [9.17, 15) is 4.79 Å². The molecule has 26 heavy (non-hydrogen) atoms. The molecule has 1 saturated heterocycles. The molecular weight excluding hydrogens is 346 g/mol. The van der Waals surface area contributed by atoms with Crippen LogP contribution in [-0.4, -0.2) is 49.6 Å². The monoisotopic (exact) mass is 375 g/mol. The van der Waals surface area contributed by atoms with E-state index < -0.39 is 0 Å². The molecule has 1 N–H and O–H groups in total. The van der Waals surface area contributed by atoms with Gasteiger partial charge in [0.2, 0.25) is 5.91 Å². The summed E-state index contributed by atoms with van der Waals surface area (Å²) in [4.78, 5) is 17.4. The highest BCUT2D eigenvalue weighted by Gasteiger charge is 2.44. The van der Waals surface area contributed by atoms with Crippen molar-refractivity contribution in [2.45, 2.75) is 44.6 Å². The summed E-state index contributed by atoms with van der Waals surface area (Å²) in [5.41, 5.74) is 1.22. The minimum Gasteiger partial charge on any atom is -0.369 e. The Bertz CT molecular complexity index is 623. The number of carbonyl (C=O) groups excluding carboxylic acids is 1. The first-order chi connectivity index (χ1) is 12.7. The summed E-state index contributed by atoms with van der Waals surface area (Å²) in [5, 5.41) is 4.10. The zero-order valence-electron chi connectivity index (χ0n) is 15.5. The zero-order chi connectivity index (χ0) is 17.9. The minimum absolute atomic E-state index is 0.267. The number of piperazine rings is 1. The SMILES string of the molecule is O=C(NC1CCCCC1)C1CC1CN1CCN(c2cccc(Cl)c2)CC1. The van der Waals surface area contributed by atoms with Crippen molar-refractivity contribution < 1.29 is 4.79 Å². The lowest BCUT2D eigenvalue weighted by Gasteiger charge is -2.36.